The number of rotatable bonds is 9. The van der Waals surface area contributed by atoms with E-state index in [1.54, 1.807) is 29.7 Å². The van der Waals surface area contributed by atoms with Gasteiger partial charge in [0, 0.05) is 28.8 Å². The van der Waals surface area contributed by atoms with Crippen LogP contribution in [0.1, 0.15) is 28.0 Å². The zero-order valence-corrected chi connectivity index (χ0v) is 18.5. The fourth-order valence-electron chi connectivity index (χ4n) is 3.52. The minimum atomic E-state index is -0.556. The largest absolute Gasteiger partial charge is 0.489 e. The zero-order chi connectivity index (χ0) is 23.1. The first-order valence-electron chi connectivity index (χ1n) is 10.3. The minimum absolute atomic E-state index is 0.0269. The Labute approximate surface area is 187 Å². The molecule has 1 heterocycles. The van der Waals surface area contributed by atoms with E-state index in [0.29, 0.717) is 24.5 Å². The summed E-state index contributed by atoms with van der Waals surface area (Å²) in [4.78, 5) is 30.5. The average molecular weight is 437 g/mol. The van der Waals surface area contributed by atoms with Gasteiger partial charge in [-0.25, -0.2) is 5.48 Å². The van der Waals surface area contributed by atoms with E-state index in [0.717, 1.165) is 22.2 Å². The topological polar surface area (TPSA) is 104 Å². The van der Waals surface area contributed by atoms with Crippen LogP contribution >= 0.6 is 0 Å². The van der Waals surface area contributed by atoms with Crippen LogP contribution in [0.25, 0.3) is 10.9 Å². The van der Waals surface area contributed by atoms with E-state index in [-0.39, 0.29) is 12.3 Å². The highest BCUT2D eigenvalue weighted by molar-refractivity contribution is 5.94. The maximum atomic E-state index is 12.6. The van der Waals surface area contributed by atoms with Crippen LogP contribution in [-0.4, -0.2) is 53.6 Å². The van der Waals surface area contributed by atoms with Crippen molar-refractivity contribution in [1.82, 2.24) is 20.7 Å². The molecular formula is C24H28N4O4. The summed E-state index contributed by atoms with van der Waals surface area (Å²) in [6.07, 6.45) is -0.0269. The summed E-state index contributed by atoms with van der Waals surface area (Å²) in [5.41, 5.74) is 4.96. The van der Waals surface area contributed by atoms with Gasteiger partial charge in [-0.15, -0.1) is 0 Å². The molecule has 0 aliphatic rings. The lowest BCUT2D eigenvalue weighted by Gasteiger charge is -2.21. The molecule has 2 aromatic carbocycles. The summed E-state index contributed by atoms with van der Waals surface area (Å²) >= 11 is 0. The molecule has 0 aliphatic carbocycles. The molecule has 1 atom stereocenters. The number of carbonyl (C=O) groups is 2. The maximum absolute atomic E-state index is 12.6. The van der Waals surface area contributed by atoms with Crippen molar-refractivity contribution in [3.63, 3.8) is 0 Å². The second-order valence-corrected chi connectivity index (χ2v) is 7.92. The zero-order valence-electron chi connectivity index (χ0n) is 18.5. The third-order valence-electron chi connectivity index (χ3n) is 4.92. The van der Waals surface area contributed by atoms with Crippen molar-refractivity contribution in [2.45, 2.75) is 26.0 Å². The molecule has 0 bridgehead atoms. The number of benzene rings is 2. The molecule has 8 nitrogen and oxygen atoms in total. The van der Waals surface area contributed by atoms with Crippen LogP contribution in [-0.2, 0) is 11.4 Å². The van der Waals surface area contributed by atoms with Gasteiger partial charge >= 0.3 is 0 Å². The Morgan fingerprint density at radius 2 is 1.84 bits per heavy atom. The number of nitrogens with one attached hydrogen (secondary N) is 2. The first-order chi connectivity index (χ1) is 15.4. The number of fused-ring (bicyclic) bond motifs is 1. The first-order valence-corrected chi connectivity index (χ1v) is 10.3. The average Bonchev–Trinajstić information content (AvgIpc) is 2.77. The smallest absolute Gasteiger partial charge is 0.251 e. The Morgan fingerprint density at radius 1 is 1.12 bits per heavy atom. The van der Waals surface area contributed by atoms with Crippen LogP contribution in [0.15, 0.2) is 54.6 Å². The number of nitrogens with zero attached hydrogens (tertiary/aromatic N) is 2. The molecule has 3 rings (SSSR count). The number of hydrogen-bond donors (Lipinski definition) is 3. The molecule has 0 fully saturated rings. The van der Waals surface area contributed by atoms with Gasteiger partial charge in [0.2, 0.25) is 5.91 Å². The molecule has 168 valence electrons. The first kappa shape index (κ1) is 23.2. The molecule has 0 spiro atoms. The van der Waals surface area contributed by atoms with Crippen molar-refractivity contribution in [3.8, 4) is 5.75 Å². The Kier molecular flexibility index (Phi) is 7.75. The van der Waals surface area contributed by atoms with Crippen LogP contribution in [0, 0.1) is 6.92 Å². The summed E-state index contributed by atoms with van der Waals surface area (Å²) < 4.78 is 5.94. The number of ether oxygens (including phenoxy) is 1. The quantitative estimate of drug-likeness (QED) is 0.352. The molecule has 1 aromatic heterocycles. The summed E-state index contributed by atoms with van der Waals surface area (Å²) in [7, 11) is 3.69. The van der Waals surface area contributed by atoms with Gasteiger partial charge in [-0.2, -0.15) is 0 Å². The summed E-state index contributed by atoms with van der Waals surface area (Å²) in [5.74, 6) is -0.214. The lowest BCUT2D eigenvalue weighted by atomic mass is 10.1. The van der Waals surface area contributed by atoms with E-state index in [9.17, 15) is 9.59 Å². The van der Waals surface area contributed by atoms with Crippen molar-refractivity contribution in [1.29, 1.82) is 0 Å². The molecule has 0 aliphatic heterocycles. The van der Waals surface area contributed by atoms with Crippen LogP contribution in [0.5, 0.6) is 5.75 Å². The molecule has 2 amide bonds. The van der Waals surface area contributed by atoms with Crippen LogP contribution < -0.4 is 15.5 Å². The van der Waals surface area contributed by atoms with Gasteiger partial charge in [0.25, 0.3) is 5.91 Å². The Morgan fingerprint density at radius 3 is 2.53 bits per heavy atom. The molecule has 0 saturated carbocycles. The third-order valence-corrected chi connectivity index (χ3v) is 4.92. The number of para-hydroxylation sites is 1. The lowest BCUT2D eigenvalue weighted by Crippen LogP contribution is -2.44. The third kappa shape index (κ3) is 6.26. The monoisotopic (exact) mass is 436 g/mol. The normalized spacial score (nSPS) is 11.9. The van der Waals surface area contributed by atoms with Crippen LogP contribution in [0.3, 0.4) is 0 Å². The van der Waals surface area contributed by atoms with E-state index in [4.69, 9.17) is 9.94 Å². The van der Waals surface area contributed by atoms with Crippen LogP contribution in [0.4, 0.5) is 0 Å². The van der Waals surface area contributed by atoms with Gasteiger partial charge < -0.3 is 15.0 Å². The van der Waals surface area contributed by atoms with Crippen molar-refractivity contribution in [3.05, 3.63) is 71.4 Å². The van der Waals surface area contributed by atoms with Gasteiger partial charge in [0.15, 0.2) is 0 Å². The highest BCUT2D eigenvalue weighted by Gasteiger charge is 2.18. The number of aryl methyl sites for hydroxylation is 1. The van der Waals surface area contributed by atoms with Crippen molar-refractivity contribution < 1.29 is 19.5 Å². The van der Waals surface area contributed by atoms with E-state index in [1.165, 1.54) is 0 Å². The standard InChI is InChI=1S/C24H28N4O4/c1-16-12-18(21-6-4-5-7-22(21)25-16)15-32-20-10-8-17(9-11-20)24(30)26-19(14-28(2)3)13-23(29)27-31/h4-12,19,31H,13-15H2,1-3H3,(H,26,30)(H,27,29). The van der Waals surface area contributed by atoms with Gasteiger partial charge in [0.1, 0.15) is 12.4 Å². The minimum Gasteiger partial charge on any atom is -0.489 e. The molecule has 0 radical (unpaired) electrons. The molecule has 3 N–H and O–H groups in total. The molecule has 3 aromatic rings. The fourth-order valence-corrected chi connectivity index (χ4v) is 3.52. The predicted octanol–water partition coefficient (Wildman–Crippen LogP) is 2.68. The van der Waals surface area contributed by atoms with Crippen molar-refractivity contribution in [2.75, 3.05) is 20.6 Å². The number of likely N-dealkylation sites (N-methyl/N-ethyl adjacent to an activating group) is 1. The van der Waals surface area contributed by atoms with Gasteiger partial charge in [-0.1, -0.05) is 18.2 Å². The maximum Gasteiger partial charge on any atom is 0.251 e. The summed E-state index contributed by atoms with van der Waals surface area (Å²) in [6.45, 7) is 2.80. The Balaban J connectivity index is 1.64. The van der Waals surface area contributed by atoms with E-state index in [2.05, 4.69) is 10.3 Å². The second-order valence-electron chi connectivity index (χ2n) is 7.92. The number of hydrogen-bond acceptors (Lipinski definition) is 6. The van der Waals surface area contributed by atoms with E-state index in [1.807, 2.05) is 56.3 Å². The summed E-state index contributed by atoms with van der Waals surface area (Å²) in [6, 6.07) is 16.4. The van der Waals surface area contributed by atoms with E-state index >= 15 is 0 Å². The number of amides is 2. The van der Waals surface area contributed by atoms with Gasteiger partial charge in [-0.3, -0.25) is 19.8 Å². The van der Waals surface area contributed by atoms with Crippen LogP contribution in [0.2, 0.25) is 0 Å². The highest BCUT2D eigenvalue weighted by atomic mass is 16.5. The lowest BCUT2D eigenvalue weighted by molar-refractivity contribution is -0.129. The van der Waals surface area contributed by atoms with Gasteiger partial charge in [0.05, 0.1) is 18.0 Å². The number of hydroxylamine groups is 1. The van der Waals surface area contributed by atoms with Crippen molar-refractivity contribution >= 4 is 22.7 Å². The number of pyridine rings is 1. The molecule has 8 heteroatoms. The highest BCUT2D eigenvalue weighted by Crippen LogP contribution is 2.21. The number of carbonyl (C=O) groups excluding carboxylic acids is 2. The summed E-state index contributed by atoms with van der Waals surface area (Å²) in [5, 5.41) is 12.6. The fraction of sp³-hybridized carbons (Fsp3) is 0.292. The molecule has 32 heavy (non-hydrogen) atoms. The SMILES string of the molecule is Cc1cc(COc2ccc(C(=O)NC(CC(=O)NO)CN(C)C)cc2)c2ccccc2n1. The van der Waals surface area contributed by atoms with E-state index < -0.39 is 11.9 Å². The Bertz CT molecular complexity index is 1080. The van der Waals surface area contributed by atoms with Gasteiger partial charge in [-0.05, 0) is 57.4 Å². The number of aromatic nitrogens is 1. The molecule has 1 unspecified atom stereocenters. The molecule has 0 saturated heterocycles. The second kappa shape index (κ2) is 10.7. The van der Waals surface area contributed by atoms with Crippen molar-refractivity contribution in [2.24, 2.45) is 0 Å². The Hall–Kier alpha value is -3.49. The predicted molar refractivity (Wildman–Crippen MR) is 122 cm³/mol. The molecular weight excluding hydrogens is 408 g/mol.